The Morgan fingerprint density at radius 1 is 1.70 bits per heavy atom. The zero-order valence-corrected chi connectivity index (χ0v) is 5.15. The van der Waals surface area contributed by atoms with E-state index in [-0.39, 0.29) is 13.6 Å². The average molecular weight is 144 g/mol. The first kappa shape index (κ1) is 8.99. The predicted octanol–water partition coefficient (Wildman–Crippen LogP) is -1.54. The van der Waals surface area contributed by atoms with Gasteiger partial charge in [-0.3, -0.25) is 4.79 Å². The van der Waals surface area contributed by atoms with Gasteiger partial charge in [0.15, 0.2) is 0 Å². The van der Waals surface area contributed by atoms with E-state index in [0.29, 0.717) is 6.42 Å². The minimum absolute atomic E-state index is 0. The summed E-state index contributed by atoms with van der Waals surface area (Å²) < 4.78 is 0. The number of hydrogen-bond acceptors (Lipinski definition) is 4. The molecule has 0 aromatic carbocycles. The lowest BCUT2D eigenvalue weighted by Crippen LogP contribution is -2.22. The maximum absolute atomic E-state index is 10.2. The van der Waals surface area contributed by atoms with Crippen molar-refractivity contribution in [3.05, 3.63) is 12.3 Å². The Balaban J connectivity index is 0.000000236. The highest BCUT2D eigenvalue weighted by atomic mass is 16.6. The fourth-order valence-electron chi connectivity index (χ4n) is 0.345. The van der Waals surface area contributed by atoms with E-state index in [1.165, 1.54) is 6.26 Å². The van der Waals surface area contributed by atoms with Gasteiger partial charge in [0.1, 0.15) is 6.26 Å². The SMILES string of the molecule is O=C1CC=CON1.O[B]O. The second-order valence-corrected chi connectivity index (χ2v) is 1.33. The standard InChI is InChI=1S/C4H5NO2.BH2O2/c6-4-2-1-3-7-5-4;2-1-3/h1,3H,2H2,(H,5,6);2-3H. The number of amides is 1. The minimum Gasteiger partial charge on any atom is -0.429 e. The maximum Gasteiger partial charge on any atom is 0.482 e. The van der Waals surface area contributed by atoms with Gasteiger partial charge in [0.05, 0.1) is 6.42 Å². The normalized spacial score (nSPS) is 14.0. The molecule has 0 atom stereocenters. The molecule has 0 fully saturated rings. The number of hydrogen-bond donors (Lipinski definition) is 3. The first-order valence-electron chi connectivity index (χ1n) is 2.51. The van der Waals surface area contributed by atoms with Gasteiger partial charge in [-0.15, -0.1) is 0 Å². The molecule has 0 aromatic heterocycles. The van der Waals surface area contributed by atoms with Gasteiger partial charge in [-0.05, 0) is 6.08 Å². The van der Waals surface area contributed by atoms with Crippen molar-refractivity contribution in [2.75, 3.05) is 0 Å². The van der Waals surface area contributed by atoms with Crippen molar-refractivity contribution in [1.82, 2.24) is 5.48 Å². The second kappa shape index (κ2) is 6.12. The Morgan fingerprint density at radius 3 is 2.50 bits per heavy atom. The summed E-state index contributed by atoms with van der Waals surface area (Å²) in [6, 6.07) is 0. The molecule has 3 N–H and O–H groups in total. The molecule has 0 bridgehead atoms. The van der Waals surface area contributed by atoms with E-state index in [0.717, 1.165) is 0 Å². The van der Waals surface area contributed by atoms with Crippen molar-refractivity contribution in [3.63, 3.8) is 0 Å². The average Bonchev–Trinajstić information content (AvgIpc) is 1.91. The van der Waals surface area contributed by atoms with Crippen LogP contribution < -0.4 is 5.48 Å². The van der Waals surface area contributed by atoms with Crippen LogP contribution in [-0.2, 0) is 9.63 Å². The summed E-state index contributed by atoms with van der Waals surface area (Å²) in [7, 11) is 0. The van der Waals surface area contributed by atoms with E-state index >= 15 is 0 Å². The fourth-order valence-corrected chi connectivity index (χ4v) is 0.345. The molecule has 0 saturated carbocycles. The second-order valence-electron chi connectivity index (χ2n) is 1.33. The highest BCUT2D eigenvalue weighted by Crippen LogP contribution is 1.88. The third-order valence-electron chi connectivity index (χ3n) is 0.640. The molecule has 0 saturated heterocycles. The van der Waals surface area contributed by atoms with Gasteiger partial charge in [-0.1, -0.05) is 0 Å². The first-order chi connectivity index (χ1) is 4.81. The van der Waals surface area contributed by atoms with Crippen LogP contribution >= 0.6 is 0 Å². The Kier molecular flexibility index (Phi) is 5.50. The van der Waals surface area contributed by atoms with E-state index in [9.17, 15) is 4.79 Å². The van der Waals surface area contributed by atoms with Gasteiger partial charge < -0.3 is 14.9 Å². The molecule has 0 spiro atoms. The number of hydroxylamine groups is 1. The Hall–Kier alpha value is -1.01. The van der Waals surface area contributed by atoms with Crippen molar-refractivity contribution >= 4 is 13.6 Å². The largest absolute Gasteiger partial charge is 0.482 e. The van der Waals surface area contributed by atoms with Crippen molar-refractivity contribution in [2.45, 2.75) is 6.42 Å². The van der Waals surface area contributed by atoms with Crippen LogP contribution in [0.15, 0.2) is 12.3 Å². The van der Waals surface area contributed by atoms with Crippen molar-refractivity contribution < 1.29 is 19.7 Å². The van der Waals surface area contributed by atoms with Gasteiger partial charge in [-0.25, -0.2) is 0 Å². The molecule has 0 unspecified atom stereocenters. The molecule has 10 heavy (non-hydrogen) atoms. The van der Waals surface area contributed by atoms with Crippen LogP contribution in [0.1, 0.15) is 6.42 Å². The van der Waals surface area contributed by atoms with Gasteiger partial charge >= 0.3 is 7.69 Å². The third-order valence-corrected chi connectivity index (χ3v) is 0.640. The lowest BCUT2D eigenvalue weighted by molar-refractivity contribution is -0.130. The molecule has 0 aromatic rings. The zero-order chi connectivity index (χ0) is 7.82. The Labute approximate surface area is 58.6 Å². The Morgan fingerprint density at radius 2 is 2.30 bits per heavy atom. The maximum atomic E-state index is 10.2. The van der Waals surface area contributed by atoms with E-state index < -0.39 is 0 Å². The molecule has 1 amide bonds. The van der Waals surface area contributed by atoms with Crippen molar-refractivity contribution in [2.24, 2.45) is 0 Å². The van der Waals surface area contributed by atoms with Gasteiger partial charge in [-0.2, -0.15) is 5.48 Å². The molecular weight excluding hydrogens is 137 g/mol. The molecule has 6 heteroatoms. The molecule has 55 valence electrons. The summed E-state index contributed by atoms with van der Waals surface area (Å²) in [5.74, 6) is -0.0949. The van der Waals surface area contributed by atoms with Crippen LogP contribution in [0.2, 0.25) is 0 Å². The smallest absolute Gasteiger partial charge is 0.429 e. The van der Waals surface area contributed by atoms with Crippen LogP contribution in [0.25, 0.3) is 0 Å². The number of nitrogens with one attached hydrogen (secondary N) is 1. The van der Waals surface area contributed by atoms with Crippen LogP contribution in [0, 0.1) is 0 Å². The van der Waals surface area contributed by atoms with Crippen LogP contribution in [0.4, 0.5) is 0 Å². The first-order valence-corrected chi connectivity index (χ1v) is 2.51. The summed E-state index contributed by atoms with van der Waals surface area (Å²) in [6.07, 6.45) is 3.53. The predicted molar refractivity (Wildman–Crippen MR) is 33.2 cm³/mol. The summed E-state index contributed by atoms with van der Waals surface area (Å²) in [6.45, 7) is 0. The third kappa shape index (κ3) is 5.14. The quantitative estimate of drug-likeness (QED) is 0.360. The van der Waals surface area contributed by atoms with Crippen LogP contribution in [-0.4, -0.2) is 23.6 Å². The van der Waals surface area contributed by atoms with E-state index in [1.54, 1.807) is 6.08 Å². The minimum atomic E-state index is -0.0949. The van der Waals surface area contributed by atoms with Crippen molar-refractivity contribution in [1.29, 1.82) is 0 Å². The van der Waals surface area contributed by atoms with Crippen LogP contribution in [0.3, 0.4) is 0 Å². The van der Waals surface area contributed by atoms with E-state index in [1.807, 2.05) is 0 Å². The van der Waals surface area contributed by atoms with E-state index in [2.05, 4.69) is 10.3 Å². The topological polar surface area (TPSA) is 78.8 Å². The number of carbonyl (C=O) groups excluding carboxylic acids is 1. The summed E-state index contributed by atoms with van der Waals surface area (Å²) in [4.78, 5) is 14.6. The molecule has 0 aliphatic carbocycles. The molecular formula is C4H7BNO4. The molecule has 1 rings (SSSR count). The number of carbonyl (C=O) groups is 1. The zero-order valence-electron chi connectivity index (χ0n) is 5.15. The molecule has 1 aliphatic heterocycles. The summed E-state index contributed by atoms with van der Waals surface area (Å²) in [5.41, 5.74) is 2.16. The summed E-state index contributed by atoms with van der Waals surface area (Å²) in [5, 5.41) is 14.0. The molecule has 1 aliphatic rings. The molecule has 5 nitrogen and oxygen atoms in total. The van der Waals surface area contributed by atoms with Gasteiger partial charge in [0, 0.05) is 0 Å². The molecule has 1 heterocycles. The number of rotatable bonds is 0. The summed E-state index contributed by atoms with van der Waals surface area (Å²) >= 11 is 0. The van der Waals surface area contributed by atoms with E-state index in [4.69, 9.17) is 10.0 Å². The highest BCUT2D eigenvalue weighted by molar-refractivity contribution is 6.13. The highest BCUT2D eigenvalue weighted by Gasteiger charge is 1.98. The van der Waals surface area contributed by atoms with Gasteiger partial charge in [0.2, 0.25) is 0 Å². The van der Waals surface area contributed by atoms with Crippen molar-refractivity contribution in [3.8, 4) is 0 Å². The monoisotopic (exact) mass is 144 g/mol. The lowest BCUT2D eigenvalue weighted by Gasteiger charge is -2.03. The Bertz CT molecular complexity index is 126. The molecule has 1 radical (unpaired) electrons. The van der Waals surface area contributed by atoms with Crippen LogP contribution in [0.5, 0.6) is 0 Å². The fraction of sp³-hybridized carbons (Fsp3) is 0.250. The van der Waals surface area contributed by atoms with Gasteiger partial charge in [0.25, 0.3) is 5.91 Å². The lowest BCUT2D eigenvalue weighted by atomic mass is 10.4.